The minimum absolute atomic E-state index is 0.0756. The molecule has 3 rings (SSSR count). The fourth-order valence-electron chi connectivity index (χ4n) is 2.41. The standard InChI is InChI=1S/C17H12F2N2O4/c1-24-13-8-4-5-10(14(13)25-17(18)19)9-20-21-15(22)11-6-2-3-7-12(11)16(21)23/h2-9,17H,1H3/b20-9-. The Bertz CT molecular complexity index is 832. The Labute approximate surface area is 141 Å². The molecule has 0 fully saturated rings. The maximum Gasteiger partial charge on any atom is 0.387 e. The summed E-state index contributed by atoms with van der Waals surface area (Å²) in [4.78, 5) is 24.5. The summed E-state index contributed by atoms with van der Waals surface area (Å²) in [5.74, 6) is -1.33. The molecule has 0 aromatic heterocycles. The topological polar surface area (TPSA) is 68.2 Å². The lowest BCUT2D eigenvalue weighted by molar-refractivity contribution is -0.0513. The predicted molar refractivity (Wildman–Crippen MR) is 84.2 cm³/mol. The first-order chi connectivity index (χ1) is 12.0. The summed E-state index contributed by atoms with van der Waals surface area (Å²) in [6.07, 6.45) is 1.10. The third kappa shape index (κ3) is 3.06. The van der Waals surface area contributed by atoms with Crippen LogP contribution in [0.5, 0.6) is 11.5 Å². The highest BCUT2D eigenvalue weighted by Crippen LogP contribution is 2.32. The Morgan fingerprint density at radius 1 is 1.04 bits per heavy atom. The number of amides is 2. The Balaban J connectivity index is 1.93. The second kappa shape index (κ2) is 6.68. The van der Waals surface area contributed by atoms with Crippen LogP contribution < -0.4 is 9.47 Å². The number of carbonyl (C=O) groups is 2. The summed E-state index contributed by atoms with van der Waals surface area (Å²) in [6, 6.07) is 10.7. The van der Waals surface area contributed by atoms with Crippen LogP contribution in [0.3, 0.4) is 0 Å². The monoisotopic (exact) mass is 346 g/mol. The smallest absolute Gasteiger partial charge is 0.387 e. The number of ether oxygens (including phenoxy) is 2. The number of nitrogens with zero attached hydrogens (tertiary/aromatic N) is 2. The van der Waals surface area contributed by atoms with E-state index in [1.807, 2.05) is 0 Å². The average molecular weight is 346 g/mol. The fraction of sp³-hybridized carbons (Fsp3) is 0.118. The molecule has 8 heteroatoms. The molecular weight excluding hydrogens is 334 g/mol. The van der Waals surface area contributed by atoms with Gasteiger partial charge in [0.1, 0.15) is 0 Å². The molecule has 2 aromatic carbocycles. The second-order valence-electron chi connectivity index (χ2n) is 4.97. The highest BCUT2D eigenvalue weighted by Gasteiger charge is 2.35. The molecule has 0 bridgehead atoms. The van der Waals surface area contributed by atoms with E-state index in [1.165, 1.54) is 31.4 Å². The van der Waals surface area contributed by atoms with Gasteiger partial charge in [-0.2, -0.15) is 18.9 Å². The van der Waals surface area contributed by atoms with Crippen LogP contribution in [-0.2, 0) is 0 Å². The van der Waals surface area contributed by atoms with Gasteiger partial charge in [0.05, 0.1) is 24.5 Å². The minimum atomic E-state index is -3.07. The van der Waals surface area contributed by atoms with Crippen molar-refractivity contribution in [1.29, 1.82) is 0 Å². The molecule has 2 aromatic rings. The Hall–Kier alpha value is -3.29. The summed E-state index contributed by atoms with van der Waals surface area (Å²) in [5, 5.41) is 4.52. The molecule has 0 saturated heterocycles. The number of rotatable bonds is 5. The van der Waals surface area contributed by atoms with E-state index in [1.54, 1.807) is 18.2 Å². The van der Waals surface area contributed by atoms with Crippen molar-refractivity contribution in [3.8, 4) is 11.5 Å². The first-order valence-corrected chi connectivity index (χ1v) is 7.16. The Morgan fingerprint density at radius 2 is 1.68 bits per heavy atom. The number of imide groups is 1. The highest BCUT2D eigenvalue weighted by molar-refractivity contribution is 6.21. The normalized spacial score (nSPS) is 13.7. The number of methoxy groups -OCH3 is 1. The number of hydrazone groups is 1. The summed E-state index contributed by atoms with van der Waals surface area (Å²) in [6.45, 7) is -3.07. The molecule has 0 N–H and O–H groups in total. The third-order valence-corrected chi connectivity index (χ3v) is 3.52. The SMILES string of the molecule is COc1cccc(/C=N\N2C(=O)c3ccccc3C2=O)c1OC(F)F. The molecule has 0 spiro atoms. The van der Waals surface area contributed by atoms with Crippen molar-refractivity contribution in [3.63, 3.8) is 0 Å². The van der Waals surface area contributed by atoms with Gasteiger partial charge in [0.2, 0.25) is 0 Å². The number of para-hydroxylation sites is 1. The van der Waals surface area contributed by atoms with E-state index in [4.69, 9.17) is 4.74 Å². The quantitative estimate of drug-likeness (QED) is 0.617. The first kappa shape index (κ1) is 16.6. The fourth-order valence-corrected chi connectivity index (χ4v) is 2.41. The molecule has 6 nitrogen and oxygen atoms in total. The van der Waals surface area contributed by atoms with Crippen molar-refractivity contribution >= 4 is 18.0 Å². The van der Waals surface area contributed by atoms with Crippen molar-refractivity contribution in [1.82, 2.24) is 5.01 Å². The van der Waals surface area contributed by atoms with Crippen molar-refractivity contribution in [2.24, 2.45) is 5.10 Å². The molecule has 0 atom stereocenters. The van der Waals surface area contributed by atoms with Crippen molar-refractivity contribution < 1.29 is 27.8 Å². The van der Waals surface area contributed by atoms with Crippen LogP contribution in [0.2, 0.25) is 0 Å². The maximum absolute atomic E-state index is 12.6. The van der Waals surface area contributed by atoms with Crippen LogP contribution in [0, 0.1) is 0 Å². The molecule has 0 aliphatic carbocycles. The van der Waals surface area contributed by atoms with E-state index in [2.05, 4.69) is 9.84 Å². The van der Waals surface area contributed by atoms with Gasteiger partial charge in [0.15, 0.2) is 11.5 Å². The largest absolute Gasteiger partial charge is 0.493 e. The van der Waals surface area contributed by atoms with Crippen LogP contribution in [0.1, 0.15) is 26.3 Å². The van der Waals surface area contributed by atoms with E-state index >= 15 is 0 Å². The molecule has 128 valence electrons. The second-order valence-corrected chi connectivity index (χ2v) is 4.97. The van der Waals surface area contributed by atoms with Crippen LogP contribution in [0.4, 0.5) is 8.78 Å². The number of hydrogen-bond acceptors (Lipinski definition) is 5. The van der Waals surface area contributed by atoms with Crippen molar-refractivity contribution in [3.05, 3.63) is 59.2 Å². The molecule has 1 aliphatic rings. The number of benzene rings is 2. The summed E-state index contributed by atoms with van der Waals surface area (Å²) in [5.41, 5.74) is 0.606. The van der Waals surface area contributed by atoms with Crippen LogP contribution >= 0.6 is 0 Å². The van der Waals surface area contributed by atoms with Gasteiger partial charge in [-0.15, -0.1) is 0 Å². The summed E-state index contributed by atoms with van der Waals surface area (Å²) < 4.78 is 34.7. The number of fused-ring (bicyclic) bond motifs is 1. The highest BCUT2D eigenvalue weighted by atomic mass is 19.3. The molecule has 0 radical (unpaired) electrons. The van der Waals surface area contributed by atoms with E-state index in [0.29, 0.717) is 5.01 Å². The molecule has 0 unspecified atom stereocenters. The van der Waals surface area contributed by atoms with Crippen molar-refractivity contribution in [2.75, 3.05) is 7.11 Å². The van der Waals surface area contributed by atoms with Gasteiger partial charge in [-0.1, -0.05) is 18.2 Å². The van der Waals surface area contributed by atoms with Gasteiger partial charge in [0, 0.05) is 5.56 Å². The van der Waals surface area contributed by atoms with Gasteiger partial charge < -0.3 is 9.47 Å². The summed E-state index contributed by atoms with van der Waals surface area (Å²) in [7, 11) is 1.30. The molecule has 0 saturated carbocycles. The van der Waals surface area contributed by atoms with E-state index in [-0.39, 0.29) is 28.2 Å². The van der Waals surface area contributed by atoms with E-state index in [0.717, 1.165) is 6.21 Å². The Kier molecular flexibility index (Phi) is 4.42. The van der Waals surface area contributed by atoms with Gasteiger partial charge in [0.25, 0.3) is 11.8 Å². The van der Waals surface area contributed by atoms with E-state index < -0.39 is 18.4 Å². The zero-order valence-electron chi connectivity index (χ0n) is 13.0. The minimum Gasteiger partial charge on any atom is -0.493 e. The number of hydrogen-bond donors (Lipinski definition) is 0. The lowest BCUT2D eigenvalue weighted by Gasteiger charge is -2.12. The first-order valence-electron chi connectivity index (χ1n) is 7.16. The molecular formula is C17H12F2N2O4. The zero-order valence-corrected chi connectivity index (χ0v) is 13.0. The van der Waals surface area contributed by atoms with Gasteiger partial charge in [-0.25, -0.2) is 0 Å². The number of halogens is 2. The van der Waals surface area contributed by atoms with Gasteiger partial charge >= 0.3 is 6.61 Å². The lowest BCUT2D eigenvalue weighted by Crippen LogP contribution is -2.24. The molecule has 1 heterocycles. The van der Waals surface area contributed by atoms with Crippen LogP contribution in [0.25, 0.3) is 0 Å². The predicted octanol–water partition coefficient (Wildman–Crippen LogP) is 2.93. The summed E-state index contributed by atoms with van der Waals surface area (Å²) >= 11 is 0. The molecule has 2 amide bonds. The Morgan fingerprint density at radius 3 is 2.24 bits per heavy atom. The van der Waals surface area contributed by atoms with E-state index in [9.17, 15) is 18.4 Å². The zero-order chi connectivity index (χ0) is 18.0. The van der Waals surface area contributed by atoms with Crippen LogP contribution in [-0.4, -0.2) is 36.8 Å². The maximum atomic E-state index is 12.6. The van der Waals surface area contributed by atoms with Gasteiger partial charge in [-0.05, 0) is 24.3 Å². The number of alkyl halides is 2. The van der Waals surface area contributed by atoms with Gasteiger partial charge in [-0.3, -0.25) is 9.59 Å². The average Bonchev–Trinajstić information content (AvgIpc) is 2.85. The van der Waals surface area contributed by atoms with Crippen molar-refractivity contribution in [2.45, 2.75) is 6.61 Å². The molecule has 1 aliphatic heterocycles. The molecule has 25 heavy (non-hydrogen) atoms. The third-order valence-electron chi connectivity index (χ3n) is 3.52. The number of carbonyl (C=O) groups excluding carboxylic acids is 2. The lowest BCUT2D eigenvalue weighted by atomic mass is 10.1. The van der Waals surface area contributed by atoms with Crippen LogP contribution in [0.15, 0.2) is 47.6 Å².